The van der Waals surface area contributed by atoms with Crippen LogP contribution in [0.2, 0.25) is 0 Å². The normalized spacial score (nSPS) is 18.1. The summed E-state index contributed by atoms with van der Waals surface area (Å²) in [6.07, 6.45) is 0. The van der Waals surface area contributed by atoms with Crippen LogP contribution in [0.4, 0.5) is 0 Å². The van der Waals surface area contributed by atoms with E-state index in [1.165, 1.54) is 5.56 Å². The van der Waals surface area contributed by atoms with Crippen LogP contribution >= 0.6 is 24.0 Å². The van der Waals surface area contributed by atoms with Crippen molar-refractivity contribution in [3.63, 3.8) is 0 Å². The Morgan fingerprint density at radius 3 is 2.52 bits per heavy atom. The number of aliphatic imine (C=N–C) groups is 1. The van der Waals surface area contributed by atoms with Gasteiger partial charge >= 0.3 is 0 Å². The minimum absolute atomic E-state index is 0. The fourth-order valence-corrected chi connectivity index (χ4v) is 2.88. The molecule has 2 atom stereocenters. The number of guanidine groups is 1. The molecule has 2 unspecified atom stereocenters. The van der Waals surface area contributed by atoms with E-state index in [1.54, 1.807) is 0 Å². The topological polar surface area (TPSA) is 48.9 Å². The molecule has 1 saturated heterocycles. The van der Waals surface area contributed by atoms with Crippen molar-refractivity contribution in [2.45, 2.75) is 26.8 Å². The number of nitrogens with zero attached hydrogens (tertiary/aromatic N) is 2. The molecule has 1 fully saturated rings. The molecule has 0 radical (unpaired) electrons. The summed E-state index contributed by atoms with van der Waals surface area (Å²) in [6, 6.07) is 10.7. The van der Waals surface area contributed by atoms with E-state index in [1.807, 2.05) is 6.07 Å². The second kappa shape index (κ2) is 12.5. The number of ether oxygens (including phenoxy) is 1. The van der Waals surface area contributed by atoms with E-state index in [-0.39, 0.29) is 30.0 Å². The summed E-state index contributed by atoms with van der Waals surface area (Å²) in [5.74, 6) is 1.42. The Kier molecular flexibility index (Phi) is 11.1. The van der Waals surface area contributed by atoms with Crippen LogP contribution in [0.15, 0.2) is 35.3 Å². The Labute approximate surface area is 169 Å². The maximum atomic E-state index is 5.41. The third-order valence-electron chi connectivity index (χ3n) is 4.23. The van der Waals surface area contributed by atoms with Crippen LogP contribution in [0, 0.1) is 5.92 Å². The third kappa shape index (κ3) is 8.37. The molecule has 5 nitrogen and oxygen atoms in total. The van der Waals surface area contributed by atoms with Gasteiger partial charge in [-0.2, -0.15) is 0 Å². The summed E-state index contributed by atoms with van der Waals surface area (Å²) < 4.78 is 5.41. The molecule has 1 aromatic carbocycles. The van der Waals surface area contributed by atoms with Crippen molar-refractivity contribution in [3.05, 3.63) is 35.9 Å². The van der Waals surface area contributed by atoms with Crippen LogP contribution in [-0.2, 0) is 4.74 Å². The highest BCUT2D eigenvalue weighted by Crippen LogP contribution is 2.11. The van der Waals surface area contributed by atoms with Crippen molar-refractivity contribution >= 4 is 29.9 Å². The van der Waals surface area contributed by atoms with Gasteiger partial charge in [0.25, 0.3) is 0 Å². The van der Waals surface area contributed by atoms with Gasteiger partial charge in [-0.05, 0) is 25.3 Å². The number of halogens is 1. The van der Waals surface area contributed by atoms with E-state index in [0.717, 1.165) is 51.9 Å². The standard InChI is InChI=1S/C19H32N4O.HI/c1-4-20-19(22-17(3)18-8-6-5-7-9-18)21-14-16(2)15-23-10-12-24-13-11-23;/h5-9,16-17H,4,10-15H2,1-3H3,(H2,20,21,22);1H. The van der Waals surface area contributed by atoms with Crippen molar-refractivity contribution in [2.24, 2.45) is 10.9 Å². The zero-order valence-corrected chi connectivity index (χ0v) is 18.0. The van der Waals surface area contributed by atoms with Crippen molar-refractivity contribution in [2.75, 3.05) is 45.9 Å². The summed E-state index contributed by atoms with van der Waals surface area (Å²) in [6.45, 7) is 13.1. The molecule has 1 aromatic rings. The van der Waals surface area contributed by atoms with Gasteiger partial charge in [0.15, 0.2) is 5.96 Å². The molecule has 2 N–H and O–H groups in total. The van der Waals surface area contributed by atoms with Gasteiger partial charge in [-0.1, -0.05) is 37.3 Å². The Hall–Kier alpha value is -0.860. The maximum Gasteiger partial charge on any atom is 0.191 e. The van der Waals surface area contributed by atoms with Crippen molar-refractivity contribution < 1.29 is 4.74 Å². The van der Waals surface area contributed by atoms with Gasteiger partial charge in [-0.15, -0.1) is 24.0 Å². The molecule has 142 valence electrons. The van der Waals surface area contributed by atoms with Crippen LogP contribution in [0.3, 0.4) is 0 Å². The van der Waals surface area contributed by atoms with Gasteiger partial charge in [0, 0.05) is 32.7 Å². The lowest BCUT2D eigenvalue weighted by molar-refractivity contribution is 0.0323. The molecule has 0 saturated carbocycles. The Bertz CT molecular complexity index is 491. The molecule has 0 bridgehead atoms. The lowest BCUT2D eigenvalue weighted by Crippen LogP contribution is -2.41. The fourth-order valence-electron chi connectivity index (χ4n) is 2.88. The Morgan fingerprint density at radius 1 is 1.20 bits per heavy atom. The molecule has 0 aromatic heterocycles. The number of hydrogen-bond acceptors (Lipinski definition) is 3. The van der Waals surface area contributed by atoms with Gasteiger partial charge in [0.1, 0.15) is 0 Å². The number of hydrogen-bond donors (Lipinski definition) is 2. The fraction of sp³-hybridized carbons (Fsp3) is 0.632. The highest BCUT2D eigenvalue weighted by Gasteiger charge is 2.14. The summed E-state index contributed by atoms with van der Waals surface area (Å²) in [5.41, 5.74) is 1.27. The molecule has 25 heavy (non-hydrogen) atoms. The Morgan fingerprint density at radius 2 is 1.88 bits per heavy atom. The first-order chi connectivity index (χ1) is 11.7. The number of nitrogens with one attached hydrogen (secondary N) is 2. The smallest absolute Gasteiger partial charge is 0.191 e. The van der Waals surface area contributed by atoms with Crippen molar-refractivity contribution in [1.29, 1.82) is 0 Å². The van der Waals surface area contributed by atoms with Gasteiger partial charge in [-0.25, -0.2) is 0 Å². The van der Waals surface area contributed by atoms with E-state index in [9.17, 15) is 0 Å². The first kappa shape index (κ1) is 22.2. The average molecular weight is 460 g/mol. The van der Waals surface area contributed by atoms with Gasteiger partial charge in [0.2, 0.25) is 0 Å². The number of morpholine rings is 1. The van der Waals surface area contributed by atoms with Crippen LogP contribution in [0.5, 0.6) is 0 Å². The molecule has 1 aliphatic rings. The second-order valence-electron chi connectivity index (χ2n) is 6.51. The zero-order chi connectivity index (χ0) is 17.2. The SMILES string of the molecule is CCNC(=NCC(C)CN1CCOCC1)NC(C)c1ccccc1.I. The number of benzene rings is 1. The Balaban J connectivity index is 0.00000312. The molecule has 6 heteroatoms. The van der Waals surface area contributed by atoms with Crippen LogP contribution in [-0.4, -0.2) is 56.8 Å². The minimum Gasteiger partial charge on any atom is -0.379 e. The van der Waals surface area contributed by atoms with E-state index in [0.29, 0.717) is 5.92 Å². The van der Waals surface area contributed by atoms with E-state index >= 15 is 0 Å². The van der Waals surface area contributed by atoms with Gasteiger partial charge in [-0.3, -0.25) is 9.89 Å². The van der Waals surface area contributed by atoms with Crippen LogP contribution < -0.4 is 10.6 Å². The summed E-state index contributed by atoms with van der Waals surface area (Å²) in [4.78, 5) is 7.25. The van der Waals surface area contributed by atoms with E-state index in [2.05, 4.69) is 60.6 Å². The van der Waals surface area contributed by atoms with Gasteiger partial charge < -0.3 is 15.4 Å². The quantitative estimate of drug-likeness (QED) is 0.373. The molecule has 0 spiro atoms. The molecule has 0 aliphatic carbocycles. The molecule has 0 amide bonds. The molecular weight excluding hydrogens is 427 g/mol. The first-order valence-electron chi connectivity index (χ1n) is 9.09. The average Bonchev–Trinajstić information content (AvgIpc) is 2.61. The monoisotopic (exact) mass is 460 g/mol. The maximum absolute atomic E-state index is 5.41. The summed E-state index contributed by atoms with van der Waals surface area (Å²) in [5, 5.41) is 6.85. The summed E-state index contributed by atoms with van der Waals surface area (Å²) >= 11 is 0. The lowest BCUT2D eigenvalue weighted by atomic mass is 10.1. The molecule has 1 heterocycles. The minimum atomic E-state index is 0. The van der Waals surface area contributed by atoms with Gasteiger partial charge in [0.05, 0.1) is 19.3 Å². The largest absolute Gasteiger partial charge is 0.379 e. The van der Waals surface area contributed by atoms with Crippen LogP contribution in [0.1, 0.15) is 32.4 Å². The van der Waals surface area contributed by atoms with E-state index in [4.69, 9.17) is 9.73 Å². The van der Waals surface area contributed by atoms with Crippen LogP contribution in [0.25, 0.3) is 0 Å². The second-order valence-corrected chi connectivity index (χ2v) is 6.51. The van der Waals surface area contributed by atoms with Crippen molar-refractivity contribution in [3.8, 4) is 0 Å². The highest BCUT2D eigenvalue weighted by molar-refractivity contribution is 14.0. The zero-order valence-electron chi connectivity index (χ0n) is 15.7. The lowest BCUT2D eigenvalue weighted by Gasteiger charge is -2.28. The molecular formula is C19H33IN4O. The van der Waals surface area contributed by atoms with E-state index < -0.39 is 0 Å². The predicted octanol–water partition coefficient (Wildman–Crippen LogP) is 2.89. The third-order valence-corrected chi connectivity index (χ3v) is 4.23. The predicted molar refractivity (Wildman–Crippen MR) is 116 cm³/mol. The number of rotatable bonds is 7. The highest BCUT2D eigenvalue weighted by atomic mass is 127. The first-order valence-corrected chi connectivity index (χ1v) is 9.09. The summed E-state index contributed by atoms with van der Waals surface area (Å²) in [7, 11) is 0. The molecule has 1 aliphatic heterocycles. The van der Waals surface area contributed by atoms with Crippen molar-refractivity contribution in [1.82, 2.24) is 15.5 Å². The molecule has 2 rings (SSSR count).